The minimum Gasteiger partial charge on any atom is -0.493 e. The fourth-order valence-electron chi connectivity index (χ4n) is 3.47. The third-order valence-electron chi connectivity index (χ3n) is 5.28. The van der Waals surface area contributed by atoms with Gasteiger partial charge in [-0.25, -0.2) is 0 Å². The molecule has 0 aliphatic carbocycles. The van der Waals surface area contributed by atoms with E-state index >= 15 is 0 Å². The quantitative estimate of drug-likeness (QED) is 0.160. The molecule has 1 aliphatic rings. The van der Waals surface area contributed by atoms with Gasteiger partial charge in [-0.2, -0.15) is 0 Å². The van der Waals surface area contributed by atoms with Gasteiger partial charge in [-0.1, -0.05) is 41.4 Å². The van der Waals surface area contributed by atoms with Gasteiger partial charge in [0.1, 0.15) is 0 Å². The molecule has 0 N–H and O–H groups in total. The molecule has 3 aromatic carbocycles. The van der Waals surface area contributed by atoms with E-state index in [4.69, 9.17) is 32.7 Å². The second-order valence-corrected chi connectivity index (χ2v) is 9.47. The van der Waals surface area contributed by atoms with Gasteiger partial charge < -0.3 is 9.47 Å². The van der Waals surface area contributed by atoms with Crippen molar-refractivity contribution in [2.45, 2.75) is 6.54 Å². The van der Waals surface area contributed by atoms with Crippen LogP contribution in [0.5, 0.6) is 17.2 Å². The number of benzene rings is 3. The van der Waals surface area contributed by atoms with E-state index < -0.39 is 32.4 Å². The van der Waals surface area contributed by atoms with Gasteiger partial charge in [0.25, 0.3) is 16.8 Å². The maximum absolute atomic E-state index is 13.1. The van der Waals surface area contributed by atoms with Crippen molar-refractivity contribution >= 4 is 63.6 Å². The molecule has 1 saturated heterocycles. The predicted octanol–water partition coefficient (Wildman–Crippen LogP) is 6.85. The Kier molecular flexibility index (Phi) is 7.86. The van der Waals surface area contributed by atoms with Crippen molar-refractivity contribution in [3.05, 3.63) is 101 Å². The fourth-order valence-corrected chi connectivity index (χ4v) is 4.62. The van der Waals surface area contributed by atoms with Gasteiger partial charge in [-0.3, -0.25) is 34.7 Å². The lowest BCUT2D eigenvalue weighted by Crippen LogP contribution is -2.27. The topological polar surface area (TPSA) is 142 Å². The summed E-state index contributed by atoms with van der Waals surface area (Å²) >= 11 is 12.7. The first-order chi connectivity index (χ1) is 18.1. The molecule has 1 fully saturated rings. The van der Waals surface area contributed by atoms with Crippen LogP contribution in [0.3, 0.4) is 0 Å². The molecule has 0 unspecified atom stereocenters. The zero-order valence-electron chi connectivity index (χ0n) is 19.3. The fraction of sp³-hybridized carbons (Fsp3) is 0.0833. The summed E-state index contributed by atoms with van der Waals surface area (Å²) in [6.07, 6.45) is 1.40. The maximum Gasteiger partial charge on any atom is 0.318 e. The molecule has 194 valence electrons. The molecule has 14 heteroatoms. The van der Waals surface area contributed by atoms with Gasteiger partial charge in [-0.15, -0.1) is 0 Å². The molecule has 0 atom stereocenters. The van der Waals surface area contributed by atoms with Crippen LogP contribution < -0.4 is 9.47 Å². The number of methoxy groups -OCH3 is 1. The van der Waals surface area contributed by atoms with Gasteiger partial charge in [0.05, 0.1) is 44.5 Å². The molecule has 4 rings (SSSR count). The number of nitrogens with zero attached hydrogens (tertiary/aromatic N) is 3. The third kappa shape index (κ3) is 5.57. The number of carbonyl (C=O) groups excluding carboxylic acids is 2. The van der Waals surface area contributed by atoms with Crippen LogP contribution in [0.25, 0.3) is 6.08 Å². The summed E-state index contributed by atoms with van der Waals surface area (Å²) in [4.78, 5) is 47.9. The van der Waals surface area contributed by atoms with E-state index in [1.54, 1.807) is 30.3 Å². The minimum absolute atomic E-state index is 0.00300. The molecule has 0 bridgehead atoms. The van der Waals surface area contributed by atoms with E-state index in [0.717, 1.165) is 23.1 Å². The highest BCUT2D eigenvalue weighted by molar-refractivity contribution is 8.18. The number of hydrogen-bond acceptors (Lipinski definition) is 9. The average molecular weight is 576 g/mol. The molecule has 1 aliphatic heterocycles. The lowest BCUT2D eigenvalue weighted by atomic mass is 10.1. The first kappa shape index (κ1) is 26.9. The number of thioether (sulfide) groups is 1. The van der Waals surface area contributed by atoms with Crippen molar-refractivity contribution in [1.82, 2.24) is 4.90 Å². The number of nitro benzene ring substituents is 2. The van der Waals surface area contributed by atoms with Crippen molar-refractivity contribution in [2.75, 3.05) is 7.11 Å². The second-order valence-electron chi connectivity index (χ2n) is 7.66. The first-order valence-corrected chi connectivity index (χ1v) is 12.1. The standard InChI is InChI=1S/C24H15Cl2N3O8S/c1-36-20-4-2-3-14(22(20)37-19-8-6-15(28(32)33)11-18(19)29(34)35)10-21-23(30)27(24(31)38-21)12-13-5-7-16(25)17(26)9-13/h2-11H,12H2,1H3/b21-10-. The number of non-ortho nitro benzene ring substituents is 1. The van der Waals surface area contributed by atoms with Gasteiger partial charge in [0.2, 0.25) is 5.75 Å². The van der Waals surface area contributed by atoms with Gasteiger partial charge in [0, 0.05) is 11.6 Å². The molecule has 11 nitrogen and oxygen atoms in total. The zero-order valence-corrected chi connectivity index (χ0v) is 21.6. The molecule has 3 aromatic rings. The third-order valence-corrected chi connectivity index (χ3v) is 6.92. The monoisotopic (exact) mass is 575 g/mol. The van der Waals surface area contributed by atoms with E-state index in [0.29, 0.717) is 22.3 Å². The van der Waals surface area contributed by atoms with Crippen LogP contribution in [0.2, 0.25) is 10.0 Å². The van der Waals surface area contributed by atoms with Crippen LogP contribution in [0, 0.1) is 20.2 Å². The lowest BCUT2D eigenvalue weighted by Gasteiger charge is -2.14. The van der Waals surface area contributed by atoms with Crippen LogP contribution in [0.1, 0.15) is 11.1 Å². The predicted molar refractivity (Wildman–Crippen MR) is 141 cm³/mol. The Hall–Kier alpha value is -4.13. The number of carbonyl (C=O) groups is 2. The number of halogens is 2. The maximum atomic E-state index is 13.1. The molecule has 0 radical (unpaired) electrons. The summed E-state index contributed by atoms with van der Waals surface area (Å²) in [5, 5.41) is 22.7. The Bertz CT molecular complexity index is 1530. The highest BCUT2D eigenvalue weighted by Crippen LogP contribution is 2.42. The second kappa shape index (κ2) is 11.1. The van der Waals surface area contributed by atoms with Crippen molar-refractivity contribution in [3.8, 4) is 17.2 Å². The molecule has 1 heterocycles. The molecular weight excluding hydrogens is 561 g/mol. The summed E-state index contributed by atoms with van der Waals surface area (Å²) in [5.74, 6) is -0.682. The van der Waals surface area contributed by atoms with Gasteiger partial charge in [0.15, 0.2) is 11.5 Å². The molecule has 2 amide bonds. The highest BCUT2D eigenvalue weighted by atomic mass is 35.5. The summed E-state index contributed by atoms with van der Waals surface area (Å²) in [7, 11) is 1.35. The summed E-state index contributed by atoms with van der Waals surface area (Å²) in [5.41, 5.74) is -0.256. The summed E-state index contributed by atoms with van der Waals surface area (Å²) in [6.45, 7) is -0.0324. The van der Waals surface area contributed by atoms with E-state index in [-0.39, 0.29) is 39.3 Å². The zero-order chi connectivity index (χ0) is 27.6. The Labute approximate surface area is 228 Å². The number of para-hydroxylation sites is 1. The van der Waals surface area contributed by atoms with Crippen molar-refractivity contribution in [2.24, 2.45) is 0 Å². The Balaban J connectivity index is 1.69. The van der Waals surface area contributed by atoms with E-state index in [1.807, 2.05) is 0 Å². The largest absolute Gasteiger partial charge is 0.493 e. The molecule has 38 heavy (non-hydrogen) atoms. The summed E-state index contributed by atoms with van der Waals surface area (Å²) < 4.78 is 11.1. The number of rotatable bonds is 8. The normalized spacial score (nSPS) is 14.2. The number of ether oxygens (including phenoxy) is 2. The average Bonchev–Trinajstić information content (AvgIpc) is 3.14. The van der Waals surface area contributed by atoms with Gasteiger partial charge in [-0.05, 0) is 47.7 Å². The number of nitro groups is 2. The Morgan fingerprint density at radius 2 is 1.74 bits per heavy atom. The van der Waals surface area contributed by atoms with Crippen LogP contribution in [-0.2, 0) is 11.3 Å². The van der Waals surface area contributed by atoms with Crippen molar-refractivity contribution in [1.29, 1.82) is 0 Å². The smallest absolute Gasteiger partial charge is 0.318 e. The first-order valence-electron chi connectivity index (χ1n) is 10.6. The Morgan fingerprint density at radius 3 is 2.39 bits per heavy atom. The van der Waals surface area contributed by atoms with E-state index in [9.17, 15) is 29.8 Å². The number of imide groups is 1. The molecule has 0 spiro atoms. The molecule has 0 aromatic heterocycles. The minimum atomic E-state index is -0.814. The van der Waals surface area contributed by atoms with Gasteiger partial charge >= 0.3 is 5.69 Å². The van der Waals surface area contributed by atoms with Crippen molar-refractivity contribution in [3.63, 3.8) is 0 Å². The number of hydrogen-bond donors (Lipinski definition) is 0. The molecule has 0 saturated carbocycles. The van der Waals surface area contributed by atoms with Crippen LogP contribution in [0.4, 0.5) is 16.2 Å². The van der Waals surface area contributed by atoms with E-state index in [1.165, 1.54) is 19.3 Å². The SMILES string of the molecule is COc1cccc(/C=C2\SC(=O)N(Cc3ccc(Cl)c(Cl)c3)C2=O)c1Oc1ccc([N+](=O)[O-])cc1[N+](=O)[O-]. The van der Waals surface area contributed by atoms with Crippen LogP contribution in [0.15, 0.2) is 59.5 Å². The number of amides is 2. The Morgan fingerprint density at radius 1 is 0.974 bits per heavy atom. The van der Waals surface area contributed by atoms with Crippen molar-refractivity contribution < 1.29 is 28.9 Å². The molecular formula is C24H15Cl2N3O8S. The van der Waals surface area contributed by atoms with E-state index in [2.05, 4.69) is 0 Å². The van der Waals surface area contributed by atoms with Crippen LogP contribution in [-0.4, -0.2) is 33.0 Å². The van der Waals surface area contributed by atoms with Crippen LogP contribution >= 0.6 is 35.0 Å². The highest BCUT2D eigenvalue weighted by Gasteiger charge is 2.35. The summed E-state index contributed by atoms with van der Waals surface area (Å²) in [6, 6.07) is 12.4. The lowest BCUT2D eigenvalue weighted by molar-refractivity contribution is -0.394.